The number of halogens is 1. The SMILES string of the molecule is CCCNC(CC)c1cnn(Cc2ccc(Br)cc2)c1. The molecule has 1 atom stereocenters. The van der Waals surface area contributed by atoms with Crippen LogP contribution in [0.25, 0.3) is 0 Å². The highest BCUT2D eigenvalue weighted by Gasteiger charge is 2.10. The van der Waals surface area contributed by atoms with Gasteiger partial charge in [-0.05, 0) is 37.1 Å². The molecule has 1 N–H and O–H groups in total. The minimum atomic E-state index is 0.411. The Balaban J connectivity index is 2.02. The van der Waals surface area contributed by atoms with Gasteiger partial charge in [0.2, 0.25) is 0 Å². The summed E-state index contributed by atoms with van der Waals surface area (Å²) in [6.45, 7) is 6.27. The summed E-state index contributed by atoms with van der Waals surface area (Å²) < 4.78 is 3.12. The van der Waals surface area contributed by atoms with Gasteiger partial charge in [0.1, 0.15) is 0 Å². The number of aromatic nitrogens is 2. The molecule has 0 fully saturated rings. The van der Waals surface area contributed by atoms with Gasteiger partial charge in [-0.25, -0.2) is 0 Å². The summed E-state index contributed by atoms with van der Waals surface area (Å²) in [5, 5.41) is 8.04. The molecule has 2 rings (SSSR count). The molecule has 20 heavy (non-hydrogen) atoms. The third-order valence-corrected chi connectivity index (χ3v) is 3.89. The molecule has 108 valence electrons. The van der Waals surface area contributed by atoms with Gasteiger partial charge in [-0.3, -0.25) is 4.68 Å². The predicted octanol–water partition coefficient (Wildman–Crippen LogP) is 4.14. The maximum absolute atomic E-state index is 4.48. The van der Waals surface area contributed by atoms with Gasteiger partial charge in [0.05, 0.1) is 12.7 Å². The fraction of sp³-hybridized carbons (Fsp3) is 0.438. The fourth-order valence-corrected chi connectivity index (χ4v) is 2.50. The Morgan fingerprint density at radius 3 is 2.65 bits per heavy atom. The van der Waals surface area contributed by atoms with Crippen LogP contribution in [0.15, 0.2) is 41.1 Å². The number of hydrogen-bond donors (Lipinski definition) is 1. The maximum Gasteiger partial charge on any atom is 0.0659 e. The minimum Gasteiger partial charge on any atom is -0.310 e. The Hall–Kier alpha value is -1.13. The van der Waals surface area contributed by atoms with Gasteiger partial charge >= 0.3 is 0 Å². The summed E-state index contributed by atoms with van der Waals surface area (Å²) in [5.41, 5.74) is 2.54. The smallest absolute Gasteiger partial charge is 0.0659 e. The molecule has 0 aliphatic rings. The van der Waals surface area contributed by atoms with Crippen LogP contribution in [0, 0.1) is 0 Å². The predicted molar refractivity (Wildman–Crippen MR) is 86.8 cm³/mol. The Morgan fingerprint density at radius 1 is 1.25 bits per heavy atom. The standard InChI is InChI=1S/C16H22BrN3/c1-3-9-18-16(4-2)14-10-19-20(12-14)11-13-5-7-15(17)8-6-13/h5-8,10,12,16,18H,3-4,9,11H2,1-2H3. The molecule has 1 heterocycles. The van der Waals surface area contributed by atoms with Crippen LogP contribution < -0.4 is 5.32 Å². The van der Waals surface area contributed by atoms with Crippen molar-refractivity contribution in [3.8, 4) is 0 Å². The third kappa shape index (κ3) is 4.18. The second-order valence-corrected chi connectivity index (χ2v) is 5.93. The van der Waals surface area contributed by atoms with Crippen LogP contribution in [0.1, 0.15) is 43.9 Å². The highest BCUT2D eigenvalue weighted by molar-refractivity contribution is 9.10. The molecule has 0 aliphatic carbocycles. The highest BCUT2D eigenvalue weighted by Crippen LogP contribution is 2.17. The second-order valence-electron chi connectivity index (χ2n) is 5.01. The van der Waals surface area contributed by atoms with E-state index in [1.165, 1.54) is 11.1 Å². The molecule has 2 aromatic rings. The van der Waals surface area contributed by atoms with Crippen LogP contribution in [0.2, 0.25) is 0 Å². The molecule has 0 radical (unpaired) electrons. The van der Waals surface area contributed by atoms with Crippen molar-refractivity contribution in [1.29, 1.82) is 0 Å². The molecule has 3 nitrogen and oxygen atoms in total. The average molecular weight is 336 g/mol. The summed E-state index contributed by atoms with van der Waals surface area (Å²) in [6, 6.07) is 8.79. The van der Waals surface area contributed by atoms with Gasteiger partial charge in [0.25, 0.3) is 0 Å². The Morgan fingerprint density at radius 2 is 2.00 bits per heavy atom. The molecule has 0 spiro atoms. The van der Waals surface area contributed by atoms with Gasteiger partial charge in [-0.2, -0.15) is 5.10 Å². The Kier molecular flexibility index (Phi) is 5.80. The zero-order chi connectivity index (χ0) is 14.4. The lowest BCUT2D eigenvalue weighted by atomic mass is 10.1. The van der Waals surface area contributed by atoms with Crippen LogP contribution in [0.3, 0.4) is 0 Å². The van der Waals surface area contributed by atoms with E-state index >= 15 is 0 Å². The minimum absolute atomic E-state index is 0.411. The Bertz CT molecular complexity index is 519. The van der Waals surface area contributed by atoms with Gasteiger partial charge < -0.3 is 5.32 Å². The molecule has 0 aliphatic heterocycles. The average Bonchev–Trinajstić information content (AvgIpc) is 2.91. The number of hydrogen-bond acceptors (Lipinski definition) is 2. The lowest BCUT2D eigenvalue weighted by molar-refractivity contribution is 0.517. The molecule has 0 saturated carbocycles. The highest BCUT2D eigenvalue weighted by atomic mass is 79.9. The summed E-state index contributed by atoms with van der Waals surface area (Å²) in [5.74, 6) is 0. The number of nitrogens with zero attached hydrogens (tertiary/aromatic N) is 2. The van der Waals surface area contributed by atoms with Crippen molar-refractivity contribution in [1.82, 2.24) is 15.1 Å². The molecule has 0 amide bonds. The first-order valence-electron chi connectivity index (χ1n) is 7.23. The first-order chi connectivity index (χ1) is 9.72. The van der Waals surface area contributed by atoms with E-state index < -0.39 is 0 Å². The third-order valence-electron chi connectivity index (χ3n) is 3.36. The molecular weight excluding hydrogens is 314 g/mol. The number of nitrogens with one attached hydrogen (secondary N) is 1. The number of rotatable bonds is 7. The first-order valence-corrected chi connectivity index (χ1v) is 8.02. The van der Waals surface area contributed by atoms with E-state index in [-0.39, 0.29) is 0 Å². The largest absolute Gasteiger partial charge is 0.310 e. The summed E-state index contributed by atoms with van der Waals surface area (Å²) in [7, 11) is 0. The molecule has 1 aromatic carbocycles. The van der Waals surface area contributed by atoms with Crippen LogP contribution >= 0.6 is 15.9 Å². The monoisotopic (exact) mass is 335 g/mol. The first kappa shape index (κ1) is 15.3. The quantitative estimate of drug-likeness (QED) is 0.823. The zero-order valence-electron chi connectivity index (χ0n) is 12.1. The van der Waals surface area contributed by atoms with E-state index in [4.69, 9.17) is 0 Å². The molecular formula is C16H22BrN3. The molecule has 0 bridgehead atoms. The maximum atomic E-state index is 4.48. The topological polar surface area (TPSA) is 29.9 Å². The van der Waals surface area contributed by atoms with Gasteiger partial charge in [-0.1, -0.05) is 41.9 Å². The normalized spacial score (nSPS) is 12.6. The summed E-state index contributed by atoms with van der Waals surface area (Å²) in [4.78, 5) is 0. The van der Waals surface area contributed by atoms with Crippen LogP contribution in [-0.2, 0) is 6.54 Å². The zero-order valence-corrected chi connectivity index (χ0v) is 13.7. The van der Waals surface area contributed by atoms with Gasteiger partial charge in [0.15, 0.2) is 0 Å². The summed E-state index contributed by atoms with van der Waals surface area (Å²) in [6.07, 6.45) is 6.38. The van der Waals surface area contributed by atoms with E-state index in [0.717, 1.165) is 30.4 Å². The molecule has 4 heteroatoms. The van der Waals surface area contributed by atoms with Crippen LogP contribution in [-0.4, -0.2) is 16.3 Å². The van der Waals surface area contributed by atoms with Crippen molar-refractivity contribution in [2.75, 3.05) is 6.54 Å². The molecule has 1 aromatic heterocycles. The number of benzene rings is 1. The van der Waals surface area contributed by atoms with Crippen molar-refractivity contribution in [2.24, 2.45) is 0 Å². The van der Waals surface area contributed by atoms with E-state index in [1.807, 2.05) is 10.9 Å². The van der Waals surface area contributed by atoms with Crippen molar-refractivity contribution in [3.05, 3.63) is 52.3 Å². The van der Waals surface area contributed by atoms with Crippen molar-refractivity contribution in [2.45, 2.75) is 39.3 Å². The lowest BCUT2D eigenvalue weighted by Crippen LogP contribution is -2.21. The fourth-order valence-electron chi connectivity index (χ4n) is 2.24. The van der Waals surface area contributed by atoms with E-state index in [9.17, 15) is 0 Å². The van der Waals surface area contributed by atoms with Crippen LogP contribution in [0.5, 0.6) is 0 Å². The van der Waals surface area contributed by atoms with Crippen LogP contribution in [0.4, 0.5) is 0 Å². The molecule has 0 saturated heterocycles. The van der Waals surface area contributed by atoms with E-state index in [0.29, 0.717) is 6.04 Å². The van der Waals surface area contributed by atoms with Crippen molar-refractivity contribution in [3.63, 3.8) is 0 Å². The Labute approximate surface area is 129 Å². The van der Waals surface area contributed by atoms with E-state index in [2.05, 4.69) is 70.7 Å². The van der Waals surface area contributed by atoms with E-state index in [1.54, 1.807) is 0 Å². The molecule has 1 unspecified atom stereocenters. The van der Waals surface area contributed by atoms with Crippen molar-refractivity contribution < 1.29 is 0 Å². The second kappa shape index (κ2) is 7.60. The van der Waals surface area contributed by atoms with Gasteiger partial charge in [-0.15, -0.1) is 0 Å². The lowest BCUT2D eigenvalue weighted by Gasteiger charge is -2.14. The summed E-state index contributed by atoms with van der Waals surface area (Å²) >= 11 is 3.46. The van der Waals surface area contributed by atoms with Gasteiger partial charge in [0, 0.05) is 22.3 Å². The van der Waals surface area contributed by atoms with Crippen molar-refractivity contribution >= 4 is 15.9 Å².